The third kappa shape index (κ3) is 4.74. The van der Waals surface area contributed by atoms with Crippen molar-refractivity contribution in [2.75, 3.05) is 25.5 Å². The van der Waals surface area contributed by atoms with E-state index in [0.717, 1.165) is 0 Å². The monoisotopic (exact) mass is 298 g/mol. The molecule has 1 atom stereocenters. The Morgan fingerprint density at radius 3 is 2.45 bits per heavy atom. The molecule has 1 aromatic carbocycles. The highest BCUT2D eigenvalue weighted by molar-refractivity contribution is 6.30. The van der Waals surface area contributed by atoms with Crippen LogP contribution in [0.3, 0.4) is 0 Å². The topological polar surface area (TPSA) is 58.6 Å². The Kier molecular flexibility index (Phi) is 6.31. The molecule has 5 nitrogen and oxygen atoms in total. The van der Waals surface area contributed by atoms with Crippen LogP contribution in [-0.4, -0.2) is 37.1 Å². The average Bonchev–Trinajstić information content (AvgIpc) is 2.45. The van der Waals surface area contributed by atoms with Crippen LogP contribution in [0, 0.1) is 5.92 Å². The molecule has 0 bridgehead atoms. The number of nitrogens with zero attached hydrogens (tertiary/aromatic N) is 1. The Labute approximate surface area is 123 Å². The van der Waals surface area contributed by atoms with E-state index in [2.05, 4.69) is 10.1 Å². The summed E-state index contributed by atoms with van der Waals surface area (Å²) >= 11 is 5.78. The van der Waals surface area contributed by atoms with E-state index in [1.807, 2.05) is 6.92 Å². The molecule has 0 radical (unpaired) electrons. The molecule has 2 amide bonds. The number of anilines is 1. The van der Waals surface area contributed by atoms with Crippen molar-refractivity contribution in [3.63, 3.8) is 0 Å². The highest BCUT2D eigenvalue weighted by atomic mass is 35.5. The van der Waals surface area contributed by atoms with Gasteiger partial charge in [0, 0.05) is 23.8 Å². The number of nitrogens with one attached hydrogen (secondary N) is 1. The van der Waals surface area contributed by atoms with Crippen LogP contribution in [0.25, 0.3) is 0 Å². The fourth-order valence-electron chi connectivity index (χ4n) is 1.70. The minimum atomic E-state index is -0.365. The Hall–Kier alpha value is -1.75. The molecule has 0 spiro atoms. The molecule has 1 unspecified atom stereocenters. The summed E-state index contributed by atoms with van der Waals surface area (Å²) in [6.07, 6.45) is 0. The predicted molar refractivity (Wildman–Crippen MR) is 78.9 cm³/mol. The fourth-order valence-corrected chi connectivity index (χ4v) is 1.82. The normalized spacial score (nSPS) is 11.6. The van der Waals surface area contributed by atoms with Crippen molar-refractivity contribution in [1.82, 2.24) is 4.90 Å². The maximum absolute atomic E-state index is 12.1. The number of rotatable bonds is 5. The molecule has 6 heteroatoms. The SMILES string of the molecule is CCN(CC(C)C(=O)OC)C(=O)Nc1ccc(Cl)cc1. The Morgan fingerprint density at radius 2 is 1.95 bits per heavy atom. The quantitative estimate of drug-likeness (QED) is 0.850. The molecule has 0 aliphatic carbocycles. The van der Waals surface area contributed by atoms with Crippen LogP contribution in [0.1, 0.15) is 13.8 Å². The molecule has 20 heavy (non-hydrogen) atoms. The molecule has 110 valence electrons. The first-order valence-electron chi connectivity index (χ1n) is 6.37. The maximum Gasteiger partial charge on any atom is 0.321 e. The predicted octanol–water partition coefficient (Wildman–Crippen LogP) is 3.00. The summed E-state index contributed by atoms with van der Waals surface area (Å²) in [5.41, 5.74) is 0.656. The van der Waals surface area contributed by atoms with E-state index in [1.165, 1.54) is 7.11 Å². The summed E-state index contributed by atoms with van der Waals surface area (Å²) in [4.78, 5) is 25.0. The van der Waals surface area contributed by atoms with E-state index in [-0.39, 0.29) is 17.9 Å². The first-order chi connectivity index (χ1) is 9.47. The number of benzene rings is 1. The zero-order chi connectivity index (χ0) is 15.1. The number of hydrogen-bond donors (Lipinski definition) is 1. The lowest BCUT2D eigenvalue weighted by Crippen LogP contribution is -2.39. The lowest BCUT2D eigenvalue weighted by Gasteiger charge is -2.23. The van der Waals surface area contributed by atoms with Gasteiger partial charge in [0.05, 0.1) is 13.0 Å². The smallest absolute Gasteiger partial charge is 0.321 e. The van der Waals surface area contributed by atoms with Gasteiger partial charge in [0.1, 0.15) is 0 Å². The first-order valence-corrected chi connectivity index (χ1v) is 6.75. The van der Waals surface area contributed by atoms with Gasteiger partial charge < -0.3 is 15.0 Å². The van der Waals surface area contributed by atoms with E-state index in [4.69, 9.17) is 11.6 Å². The Morgan fingerprint density at radius 1 is 1.35 bits per heavy atom. The molecule has 0 aliphatic rings. The number of carbonyl (C=O) groups is 2. The minimum Gasteiger partial charge on any atom is -0.469 e. The Bertz CT molecular complexity index is 462. The third-order valence-electron chi connectivity index (χ3n) is 2.86. The second kappa shape index (κ2) is 7.75. The van der Waals surface area contributed by atoms with E-state index in [1.54, 1.807) is 36.1 Å². The second-order valence-electron chi connectivity index (χ2n) is 4.40. The summed E-state index contributed by atoms with van der Waals surface area (Å²) in [6, 6.07) is 6.58. The average molecular weight is 299 g/mol. The zero-order valence-corrected chi connectivity index (χ0v) is 12.6. The zero-order valence-electron chi connectivity index (χ0n) is 11.9. The standard InChI is InChI=1S/C14H19ClN2O3/c1-4-17(9-10(2)13(18)20-3)14(19)16-12-7-5-11(15)6-8-12/h5-8,10H,4,9H2,1-3H3,(H,16,19). The molecular weight excluding hydrogens is 280 g/mol. The van der Waals surface area contributed by atoms with Crippen LogP contribution in [0.5, 0.6) is 0 Å². The van der Waals surface area contributed by atoms with Crippen molar-refractivity contribution in [3.05, 3.63) is 29.3 Å². The van der Waals surface area contributed by atoms with Gasteiger partial charge in [-0.3, -0.25) is 4.79 Å². The molecule has 0 heterocycles. The number of esters is 1. The molecule has 0 fully saturated rings. The van der Waals surface area contributed by atoms with E-state index < -0.39 is 0 Å². The van der Waals surface area contributed by atoms with Crippen molar-refractivity contribution < 1.29 is 14.3 Å². The number of carbonyl (C=O) groups excluding carboxylic acids is 2. The highest BCUT2D eigenvalue weighted by Crippen LogP contribution is 2.14. The molecule has 0 saturated heterocycles. The van der Waals surface area contributed by atoms with Gasteiger partial charge in [0.2, 0.25) is 0 Å². The summed E-state index contributed by atoms with van der Waals surface area (Å²) in [5.74, 6) is -0.696. The van der Waals surface area contributed by atoms with Gasteiger partial charge in [-0.25, -0.2) is 4.79 Å². The number of ether oxygens (including phenoxy) is 1. The van der Waals surface area contributed by atoms with E-state index in [0.29, 0.717) is 23.8 Å². The van der Waals surface area contributed by atoms with Crippen LogP contribution < -0.4 is 5.32 Å². The highest BCUT2D eigenvalue weighted by Gasteiger charge is 2.20. The van der Waals surface area contributed by atoms with E-state index >= 15 is 0 Å². The van der Waals surface area contributed by atoms with Gasteiger partial charge in [0.15, 0.2) is 0 Å². The van der Waals surface area contributed by atoms with Crippen LogP contribution >= 0.6 is 11.6 Å². The van der Waals surface area contributed by atoms with Crippen LogP contribution in [0.15, 0.2) is 24.3 Å². The van der Waals surface area contributed by atoms with Crippen LogP contribution in [0.4, 0.5) is 10.5 Å². The van der Waals surface area contributed by atoms with Crippen LogP contribution in [-0.2, 0) is 9.53 Å². The lowest BCUT2D eigenvalue weighted by atomic mass is 10.2. The number of halogens is 1. The summed E-state index contributed by atoms with van der Waals surface area (Å²) in [5, 5.41) is 3.36. The van der Waals surface area contributed by atoms with Gasteiger partial charge in [-0.2, -0.15) is 0 Å². The van der Waals surface area contributed by atoms with Gasteiger partial charge in [-0.05, 0) is 31.2 Å². The van der Waals surface area contributed by atoms with E-state index in [9.17, 15) is 9.59 Å². The maximum atomic E-state index is 12.1. The molecule has 1 aromatic rings. The van der Waals surface area contributed by atoms with Gasteiger partial charge in [-0.15, -0.1) is 0 Å². The minimum absolute atomic E-state index is 0.259. The summed E-state index contributed by atoms with van der Waals surface area (Å²) in [7, 11) is 1.34. The van der Waals surface area contributed by atoms with Crippen molar-refractivity contribution >= 4 is 29.3 Å². The third-order valence-corrected chi connectivity index (χ3v) is 3.11. The lowest BCUT2D eigenvalue weighted by molar-refractivity contribution is -0.145. The van der Waals surface area contributed by atoms with Gasteiger partial charge in [-0.1, -0.05) is 18.5 Å². The Balaban J connectivity index is 2.63. The molecular formula is C14H19ClN2O3. The molecule has 0 saturated carbocycles. The second-order valence-corrected chi connectivity index (χ2v) is 4.84. The molecule has 0 aliphatic heterocycles. The van der Waals surface area contributed by atoms with Gasteiger partial charge in [0.25, 0.3) is 0 Å². The number of methoxy groups -OCH3 is 1. The van der Waals surface area contributed by atoms with Crippen molar-refractivity contribution in [3.8, 4) is 0 Å². The largest absolute Gasteiger partial charge is 0.469 e. The summed E-state index contributed by atoms with van der Waals surface area (Å²) < 4.78 is 4.66. The molecule has 0 aromatic heterocycles. The van der Waals surface area contributed by atoms with Crippen molar-refractivity contribution in [1.29, 1.82) is 0 Å². The van der Waals surface area contributed by atoms with Crippen molar-refractivity contribution in [2.45, 2.75) is 13.8 Å². The molecule has 1 rings (SSSR count). The number of hydrogen-bond acceptors (Lipinski definition) is 3. The summed E-state index contributed by atoms with van der Waals surface area (Å²) in [6.45, 7) is 4.39. The number of urea groups is 1. The molecule has 1 N–H and O–H groups in total. The van der Waals surface area contributed by atoms with Crippen molar-refractivity contribution in [2.24, 2.45) is 5.92 Å². The fraction of sp³-hybridized carbons (Fsp3) is 0.429. The van der Waals surface area contributed by atoms with Gasteiger partial charge >= 0.3 is 12.0 Å². The first kappa shape index (κ1) is 16.3. The van der Waals surface area contributed by atoms with Crippen LogP contribution in [0.2, 0.25) is 5.02 Å². The number of amides is 2.